The van der Waals surface area contributed by atoms with Gasteiger partial charge in [-0.15, -0.1) is 12.4 Å². The lowest BCUT2D eigenvalue weighted by molar-refractivity contribution is -0.183. The number of amides is 1. The molecule has 1 atom stereocenters. The van der Waals surface area contributed by atoms with E-state index in [1.165, 1.54) is 11.0 Å². The van der Waals surface area contributed by atoms with E-state index in [0.717, 1.165) is 0 Å². The van der Waals surface area contributed by atoms with E-state index in [9.17, 15) is 18.0 Å². The minimum absolute atomic E-state index is 0. The van der Waals surface area contributed by atoms with Crippen molar-refractivity contribution in [1.82, 2.24) is 15.5 Å². The Morgan fingerprint density at radius 3 is 2.38 bits per heavy atom. The zero-order valence-electron chi connectivity index (χ0n) is 15.6. The van der Waals surface area contributed by atoms with Crippen molar-refractivity contribution in [3.05, 3.63) is 60.2 Å². The number of halogens is 4. The average Bonchev–Trinajstić information content (AvgIpc) is 2.69. The largest absolute Gasteiger partial charge is 0.457 e. The number of carbonyl (C=O) groups is 1. The molecule has 0 aromatic heterocycles. The fourth-order valence-corrected chi connectivity index (χ4v) is 3.06. The van der Waals surface area contributed by atoms with Crippen molar-refractivity contribution in [2.75, 3.05) is 32.7 Å². The van der Waals surface area contributed by atoms with E-state index in [1.54, 1.807) is 30.3 Å². The van der Waals surface area contributed by atoms with Gasteiger partial charge in [-0.05, 0) is 30.3 Å². The molecule has 0 saturated carbocycles. The van der Waals surface area contributed by atoms with Gasteiger partial charge in [0.05, 0.1) is 0 Å². The standard InChI is InChI=1S/C20H22F3N3O2.ClH/c21-20(22,23)18(26-11-9-24-10-12-26)14-25-19(27)15-5-4-8-17(13-15)28-16-6-2-1-3-7-16;/h1-8,13,18,24H,9-12,14H2,(H,25,27);1H. The number of rotatable bonds is 6. The first kappa shape index (κ1) is 23.0. The van der Waals surface area contributed by atoms with Crippen molar-refractivity contribution in [2.45, 2.75) is 12.2 Å². The van der Waals surface area contributed by atoms with Crippen molar-refractivity contribution in [3.8, 4) is 11.5 Å². The van der Waals surface area contributed by atoms with Crippen LogP contribution in [-0.2, 0) is 0 Å². The van der Waals surface area contributed by atoms with Crippen LogP contribution < -0.4 is 15.4 Å². The Bertz CT molecular complexity index is 784. The summed E-state index contributed by atoms with van der Waals surface area (Å²) in [6.07, 6.45) is -4.41. The van der Waals surface area contributed by atoms with Crippen LogP contribution in [0, 0.1) is 0 Å². The number of hydrogen-bond donors (Lipinski definition) is 2. The van der Waals surface area contributed by atoms with E-state index < -0.39 is 24.7 Å². The lowest BCUT2D eigenvalue weighted by Gasteiger charge is -2.35. The van der Waals surface area contributed by atoms with Gasteiger partial charge in [-0.1, -0.05) is 24.3 Å². The molecule has 1 unspecified atom stereocenters. The zero-order chi connectivity index (χ0) is 20.0. The molecule has 29 heavy (non-hydrogen) atoms. The summed E-state index contributed by atoms with van der Waals surface area (Å²) in [6, 6.07) is 13.7. The summed E-state index contributed by atoms with van der Waals surface area (Å²) in [7, 11) is 0. The van der Waals surface area contributed by atoms with Gasteiger partial charge in [0.25, 0.3) is 5.91 Å². The molecule has 1 amide bonds. The van der Waals surface area contributed by atoms with Crippen molar-refractivity contribution in [1.29, 1.82) is 0 Å². The second-order valence-corrected chi connectivity index (χ2v) is 6.50. The van der Waals surface area contributed by atoms with Gasteiger partial charge in [0.2, 0.25) is 0 Å². The number of ether oxygens (including phenoxy) is 1. The van der Waals surface area contributed by atoms with E-state index in [0.29, 0.717) is 37.7 Å². The first-order valence-corrected chi connectivity index (χ1v) is 9.06. The summed E-state index contributed by atoms with van der Waals surface area (Å²) in [5.74, 6) is 0.479. The number of nitrogens with zero attached hydrogens (tertiary/aromatic N) is 1. The second-order valence-electron chi connectivity index (χ2n) is 6.50. The van der Waals surface area contributed by atoms with Crippen molar-refractivity contribution in [3.63, 3.8) is 0 Å². The molecule has 1 aliphatic rings. The van der Waals surface area contributed by atoms with Crippen LogP contribution in [-0.4, -0.2) is 55.7 Å². The third-order valence-corrected chi connectivity index (χ3v) is 4.50. The molecule has 1 saturated heterocycles. The van der Waals surface area contributed by atoms with Crippen molar-refractivity contribution < 1.29 is 22.7 Å². The normalized spacial score (nSPS) is 15.8. The molecule has 1 aliphatic heterocycles. The Labute approximate surface area is 173 Å². The molecule has 1 fully saturated rings. The summed E-state index contributed by atoms with van der Waals surface area (Å²) >= 11 is 0. The molecule has 5 nitrogen and oxygen atoms in total. The molecule has 2 N–H and O–H groups in total. The van der Waals surface area contributed by atoms with E-state index in [4.69, 9.17) is 4.74 Å². The highest BCUT2D eigenvalue weighted by Crippen LogP contribution is 2.25. The van der Waals surface area contributed by atoms with Crippen molar-refractivity contribution >= 4 is 18.3 Å². The molecule has 0 spiro atoms. The van der Waals surface area contributed by atoms with E-state index in [-0.39, 0.29) is 18.0 Å². The van der Waals surface area contributed by atoms with Crippen LogP contribution in [0.5, 0.6) is 11.5 Å². The lowest BCUT2D eigenvalue weighted by Crippen LogP contribution is -2.57. The fourth-order valence-electron chi connectivity index (χ4n) is 3.06. The summed E-state index contributed by atoms with van der Waals surface area (Å²) in [5, 5.41) is 5.45. The third kappa shape index (κ3) is 6.62. The number of piperazine rings is 1. The van der Waals surface area contributed by atoms with E-state index in [2.05, 4.69) is 10.6 Å². The average molecular weight is 430 g/mol. The minimum atomic E-state index is -4.41. The smallest absolute Gasteiger partial charge is 0.405 e. The molecule has 1 heterocycles. The Morgan fingerprint density at radius 1 is 1.07 bits per heavy atom. The SMILES string of the molecule is Cl.O=C(NCC(N1CCNCC1)C(F)(F)F)c1cccc(Oc2ccccc2)c1. The van der Waals surface area contributed by atoms with Gasteiger partial charge >= 0.3 is 6.18 Å². The Balaban J connectivity index is 0.00000300. The number of hydrogen-bond acceptors (Lipinski definition) is 4. The van der Waals surface area contributed by atoms with E-state index in [1.807, 2.05) is 18.2 Å². The number of nitrogens with one attached hydrogen (secondary N) is 2. The summed E-state index contributed by atoms with van der Waals surface area (Å²) in [6.45, 7) is 1.09. The van der Waals surface area contributed by atoms with Gasteiger partial charge in [-0.2, -0.15) is 13.2 Å². The second kappa shape index (κ2) is 10.5. The summed E-state index contributed by atoms with van der Waals surface area (Å²) in [5.41, 5.74) is 0.245. The highest BCUT2D eigenvalue weighted by atomic mass is 35.5. The zero-order valence-corrected chi connectivity index (χ0v) is 16.4. The molecular weight excluding hydrogens is 407 g/mol. The molecular formula is C20H23ClF3N3O2. The third-order valence-electron chi connectivity index (χ3n) is 4.50. The Hall–Kier alpha value is -2.29. The molecule has 9 heteroatoms. The maximum atomic E-state index is 13.4. The number of benzene rings is 2. The highest BCUT2D eigenvalue weighted by molar-refractivity contribution is 5.94. The van der Waals surface area contributed by atoms with Crippen LogP contribution in [0.4, 0.5) is 13.2 Å². The highest BCUT2D eigenvalue weighted by Gasteiger charge is 2.43. The first-order chi connectivity index (χ1) is 13.4. The predicted molar refractivity (Wildman–Crippen MR) is 107 cm³/mol. The number of para-hydroxylation sites is 1. The predicted octanol–water partition coefficient (Wildman–Crippen LogP) is 3.47. The van der Waals surface area contributed by atoms with E-state index >= 15 is 0 Å². The van der Waals surface area contributed by atoms with Gasteiger partial charge in [0.15, 0.2) is 0 Å². The van der Waals surface area contributed by atoms with Gasteiger partial charge in [0.1, 0.15) is 17.5 Å². The summed E-state index contributed by atoms with van der Waals surface area (Å²) < 4.78 is 46.0. The fraction of sp³-hybridized carbons (Fsp3) is 0.350. The van der Waals surface area contributed by atoms with Gasteiger partial charge in [-0.3, -0.25) is 9.69 Å². The van der Waals surface area contributed by atoms with Crippen LogP contribution in [0.25, 0.3) is 0 Å². The number of alkyl halides is 3. The van der Waals surface area contributed by atoms with Crippen LogP contribution in [0.15, 0.2) is 54.6 Å². The molecule has 2 aromatic carbocycles. The maximum Gasteiger partial charge on any atom is 0.405 e. The van der Waals surface area contributed by atoms with Crippen LogP contribution >= 0.6 is 12.4 Å². The molecule has 3 rings (SSSR count). The number of carbonyl (C=O) groups excluding carboxylic acids is 1. The first-order valence-electron chi connectivity index (χ1n) is 9.06. The molecule has 0 radical (unpaired) electrons. The lowest BCUT2D eigenvalue weighted by atomic mass is 10.1. The summed E-state index contributed by atoms with van der Waals surface area (Å²) in [4.78, 5) is 13.8. The van der Waals surface area contributed by atoms with Crippen LogP contribution in [0.3, 0.4) is 0 Å². The Kier molecular flexibility index (Phi) is 8.31. The molecule has 0 aliphatic carbocycles. The van der Waals surface area contributed by atoms with Gasteiger partial charge in [-0.25, -0.2) is 0 Å². The quantitative estimate of drug-likeness (QED) is 0.738. The molecule has 0 bridgehead atoms. The molecule has 158 valence electrons. The maximum absolute atomic E-state index is 13.4. The van der Waals surface area contributed by atoms with Crippen LogP contribution in [0.1, 0.15) is 10.4 Å². The monoisotopic (exact) mass is 429 g/mol. The van der Waals surface area contributed by atoms with Crippen molar-refractivity contribution in [2.24, 2.45) is 0 Å². The minimum Gasteiger partial charge on any atom is -0.457 e. The van der Waals surface area contributed by atoms with Gasteiger partial charge < -0.3 is 15.4 Å². The van der Waals surface area contributed by atoms with Crippen LogP contribution in [0.2, 0.25) is 0 Å². The topological polar surface area (TPSA) is 53.6 Å². The molecule has 2 aromatic rings. The Morgan fingerprint density at radius 2 is 1.72 bits per heavy atom. The van der Waals surface area contributed by atoms with Gasteiger partial charge in [0, 0.05) is 38.3 Å².